The van der Waals surface area contributed by atoms with Crippen molar-refractivity contribution in [3.05, 3.63) is 62.6 Å². The number of rotatable bonds is 3. The van der Waals surface area contributed by atoms with E-state index >= 15 is 0 Å². The second-order valence-corrected chi connectivity index (χ2v) is 5.20. The molecular weight excluding hydrogens is 296 g/mol. The smallest absolute Gasteiger partial charge is 0.308 e. The Kier molecular flexibility index (Phi) is 3.67. The summed E-state index contributed by atoms with van der Waals surface area (Å²) < 4.78 is 2.32. The van der Waals surface area contributed by atoms with E-state index in [1.807, 2.05) is 30.3 Å². The Bertz CT molecular complexity index is 991. The Hall–Kier alpha value is -3.00. The maximum absolute atomic E-state index is 12.3. The molecule has 23 heavy (non-hydrogen) atoms. The number of nitrogens with two attached hydrogens (primary N) is 1. The monoisotopic (exact) mass is 312 g/mol. The van der Waals surface area contributed by atoms with Gasteiger partial charge in [0.15, 0.2) is 11.5 Å². The fourth-order valence-electron chi connectivity index (χ4n) is 2.47. The first-order chi connectivity index (χ1) is 11.0. The Labute approximate surface area is 131 Å². The van der Waals surface area contributed by atoms with Crippen LogP contribution in [-0.4, -0.2) is 19.1 Å². The minimum Gasteiger partial charge on any atom is -0.308 e. The number of aromatic nitrogens is 4. The lowest BCUT2D eigenvalue weighted by atomic mass is 10.1. The van der Waals surface area contributed by atoms with E-state index in [1.54, 1.807) is 7.05 Å². The molecule has 3 N–H and O–H groups in total. The van der Waals surface area contributed by atoms with E-state index < -0.39 is 11.2 Å². The SMILES string of the molecule is Cn1c(=O)c2c(NN)nc(Cc3ccccc3)nc2n(C)c1=O. The van der Waals surface area contributed by atoms with Crippen LogP contribution < -0.4 is 22.5 Å². The van der Waals surface area contributed by atoms with Gasteiger partial charge in [-0.3, -0.25) is 13.9 Å². The van der Waals surface area contributed by atoms with Gasteiger partial charge in [-0.2, -0.15) is 0 Å². The van der Waals surface area contributed by atoms with Gasteiger partial charge < -0.3 is 5.43 Å². The number of hydrazine groups is 1. The fraction of sp³-hybridized carbons (Fsp3) is 0.200. The summed E-state index contributed by atoms with van der Waals surface area (Å²) in [7, 11) is 2.96. The van der Waals surface area contributed by atoms with Crippen LogP contribution in [0.3, 0.4) is 0 Å². The molecule has 118 valence electrons. The van der Waals surface area contributed by atoms with Crippen molar-refractivity contribution in [1.29, 1.82) is 0 Å². The first-order valence-corrected chi connectivity index (χ1v) is 7.00. The number of nitrogen functional groups attached to an aromatic ring is 1. The summed E-state index contributed by atoms with van der Waals surface area (Å²) in [5, 5.41) is 0.189. The van der Waals surface area contributed by atoms with Crippen molar-refractivity contribution in [3.8, 4) is 0 Å². The molecule has 1 aromatic carbocycles. The van der Waals surface area contributed by atoms with Gasteiger partial charge in [-0.1, -0.05) is 30.3 Å². The van der Waals surface area contributed by atoms with Crippen LogP contribution in [0.5, 0.6) is 0 Å². The van der Waals surface area contributed by atoms with E-state index in [-0.39, 0.29) is 16.9 Å². The third-order valence-electron chi connectivity index (χ3n) is 3.69. The number of nitrogens with one attached hydrogen (secondary N) is 1. The lowest BCUT2D eigenvalue weighted by molar-refractivity contribution is 0.704. The summed E-state index contributed by atoms with van der Waals surface area (Å²) in [6, 6.07) is 9.66. The summed E-state index contributed by atoms with van der Waals surface area (Å²) in [5.41, 5.74) is 2.77. The standard InChI is InChI=1S/C15H16N6O2/c1-20-13-11(14(22)21(2)15(20)23)12(19-16)17-10(18-13)8-9-6-4-3-5-7-9/h3-7H,8,16H2,1-2H3,(H,17,18,19). The summed E-state index contributed by atoms with van der Waals surface area (Å²) in [6.07, 6.45) is 0.467. The number of benzene rings is 1. The Morgan fingerprint density at radius 2 is 1.78 bits per heavy atom. The van der Waals surface area contributed by atoms with E-state index in [1.165, 1.54) is 11.6 Å². The van der Waals surface area contributed by atoms with Crippen molar-refractivity contribution in [2.45, 2.75) is 6.42 Å². The number of anilines is 1. The highest BCUT2D eigenvalue weighted by Gasteiger charge is 2.16. The first kappa shape index (κ1) is 14.9. The number of aryl methyl sites for hydroxylation is 1. The highest BCUT2D eigenvalue weighted by atomic mass is 16.2. The molecule has 8 heteroatoms. The van der Waals surface area contributed by atoms with Gasteiger partial charge in [-0.25, -0.2) is 20.6 Å². The van der Waals surface area contributed by atoms with E-state index in [9.17, 15) is 9.59 Å². The van der Waals surface area contributed by atoms with E-state index in [2.05, 4.69) is 15.4 Å². The van der Waals surface area contributed by atoms with Gasteiger partial charge >= 0.3 is 5.69 Å². The second kappa shape index (κ2) is 5.65. The molecule has 2 aromatic heterocycles. The lowest BCUT2D eigenvalue weighted by Crippen LogP contribution is -2.38. The number of hydrogen-bond donors (Lipinski definition) is 2. The van der Waals surface area contributed by atoms with Crippen LogP contribution in [-0.2, 0) is 20.5 Å². The average molecular weight is 312 g/mol. The van der Waals surface area contributed by atoms with Crippen LogP contribution in [0.2, 0.25) is 0 Å². The molecule has 2 heterocycles. The normalized spacial score (nSPS) is 10.9. The molecule has 8 nitrogen and oxygen atoms in total. The molecule has 0 aliphatic heterocycles. The van der Waals surface area contributed by atoms with Crippen LogP contribution in [0, 0.1) is 0 Å². The van der Waals surface area contributed by atoms with Crippen molar-refractivity contribution in [2.24, 2.45) is 19.9 Å². The summed E-state index contributed by atoms with van der Waals surface area (Å²) in [6.45, 7) is 0. The molecule has 3 aromatic rings. The number of hydrogen-bond acceptors (Lipinski definition) is 6. The Morgan fingerprint density at radius 3 is 2.43 bits per heavy atom. The zero-order chi connectivity index (χ0) is 16.6. The molecule has 0 fully saturated rings. The highest BCUT2D eigenvalue weighted by Crippen LogP contribution is 2.16. The predicted octanol–water partition coefficient (Wildman–Crippen LogP) is -0.0964. The van der Waals surface area contributed by atoms with Gasteiger partial charge in [0.05, 0.1) is 0 Å². The second-order valence-electron chi connectivity index (χ2n) is 5.20. The van der Waals surface area contributed by atoms with Crippen molar-refractivity contribution < 1.29 is 0 Å². The molecule has 0 spiro atoms. The maximum atomic E-state index is 12.3. The molecular formula is C15H16N6O2. The summed E-state index contributed by atoms with van der Waals surface area (Å²) in [4.78, 5) is 33.1. The van der Waals surface area contributed by atoms with Crippen LogP contribution in [0.25, 0.3) is 11.0 Å². The quantitative estimate of drug-likeness (QED) is 0.517. The van der Waals surface area contributed by atoms with Gasteiger partial charge in [0.2, 0.25) is 0 Å². The average Bonchev–Trinajstić information content (AvgIpc) is 2.58. The van der Waals surface area contributed by atoms with Crippen molar-refractivity contribution in [2.75, 3.05) is 5.43 Å². The summed E-state index contributed by atoms with van der Waals surface area (Å²) >= 11 is 0. The molecule has 0 atom stereocenters. The Morgan fingerprint density at radius 1 is 1.09 bits per heavy atom. The minimum atomic E-state index is -0.484. The first-order valence-electron chi connectivity index (χ1n) is 7.00. The molecule has 0 amide bonds. The van der Waals surface area contributed by atoms with Crippen molar-refractivity contribution >= 4 is 16.9 Å². The number of fused-ring (bicyclic) bond motifs is 1. The highest BCUT2D eigenvalue weighted by molar-refractivity contribution is 5.85. The largest absolute Gasteiger partial charge is 0.332 e. The van der Waals surface area contributed by atoms with E-state index in [4.69, 9.17) is 5.84 Å². The fourth-order valence-corrected chi connectivity index (χ4v) is 2.47. The molecule has 0 aliphatic rings. The zero-order valence-electron chi connectivity index (χ0n) is 12.8. The van der Waals surface area contributed by atoms with E-state index in [0.717, 1.165) is 10.1 Å². The van der Waals surface area contributed by atoms with Crippen LogP contribution in [0.15, 0.2) is 39.9 Å². The van der Waals surface area contributed by atoms with Gasteiger partial charge in [0.1, 0.15) is 11.2 Å². The number of nitrogens with zero attached hydrogens (tertiary/aromatic N) is 4. The van der Waals surface area contributed by atoms with Gasteiger partial charge in [-0.05, 0) is 5.56 Å². The van der Waals surface area contributed by atoms with Crippen molar-refractivity contribution in [1.82, 2.24) is 19.1 Å². The third-order valence-corrected chi connectivity index (χ3v) is 3.69. The van der Waals surface area contributed by atoms with E-state index in [0.29, 0.717) is 12.2 Å². The molecule has 0 saturated heterocycles. The van der Waals surface area contributed by atoms with Crippen molar-refractivity contribution in [3.63, 3.8) is 0 Å². The minimum absolute atomic E-state index is 0.189. The molecule has 0 radical (unpaired) electrons. The lowest BCUT2D eigenvalue weighted by Gasteiger charge is -2.11. The molecule has 0 bridgehead atoms. The molecule has 0 unspecified atom stereocenters. The molecule has 0 aliphatic carbocycles. The topological polar surface area (TPSA) is 108 Å². The Balaban J connectivity index is 2.28. The van der Waals surface area contributed by atoms with Crippen LogP contribution in [0.1, 0.15) is 11.4 Å². The van der Waals surface area contributed by atoms with Crippen LogP contribution >= 0.6 is 0 Å². The maximum Gasteiger partial charge on any atom is 0.332 e. The summed E-state index contributed by atoms with van der Waals surface area (Å²) in [5.74, 6) is 6.19. The molecule has 0 saturated carbocycles. The third kappa shape index (κ3) is 2.49. The van der Waals surface area contributed by atoms with Gasteiger partial charge in [0.25, 0.3) is 5.56 Å². The van der Waals surface area contributed by atoms with Gasteiger partial charge in [0, 0.05) is 20.5 Å². The van der Waals surface area contributed by atoms with Crippen LogP contribution in [0.4, 0.5) is 5.82 Å². The zero-order valence-corrected chi connectivity index (χ0v) is 12.8. The van der Waals surface area contributed by atoms with Gasteiger partial charge in [-0.15, -0.1) is 0 Å². The molecule has 3 rings (SSSR count). The predicted molar refractivity (Wildman–Crippen MR) is 87.1 cm³/mol.